The molecule has 0 saturated heterocycles. The summed E-state index contributed by atoms with van der Waals surface area (Å²) in [6, 6.07) is 23.0. The number of aromatic nitrogens is 2. The van der Waals surface area contributed by atoms with Crippen LogP contribution in [0.15, 0.2) is 85.1 Å². The largest absolute Gasteiger partial charge is 0.494 e. The van der Waals surface area contributed by atoms with E-state index in [0.29, 0.717) is 28.7 Å². The van der Waals surface area contributed by atoms with Crippen molar-refractivity contribution in [3.8, 4) is 5.75 Å². The van der Waals surface area contributed by atoms with Crippen LogP contribution in [-0.2, 0) is 0 Å². The van der Waals surface area contributed by atoms with Crippen LogP contribution in [0.5, 0.6) is 5.75 Å². The van der Waals surface area contributed by atoms with Gasteiger partial charge in [0.2, 0.25) is 0 Å². The molecule has 2 N–H and O–H groups in total. The van der Waals surface area contributed by atoms with Gasteiger partial charge in [-0.3, -0.25) is 4.79 Å². The van der Waals surface area contributed by atoms with Gasteiger partial charge in [0.25, 0.3) is 5.91 Å². The standard InChI is InChI=1S/C28H25ClN4O2/c1-3-35-21-14-12-20(13-15-21)31-28(34)23-17-30-33-26(22-6-4-5-7-24(22)29)16-25(32-27(23)33)19-10-8-18(2)9-11-19/h4-17,26,32H,3H2,1-2H3,(H,31,34)/t26-/m0/s1. The van der Waals surface area contributed by atoms with Crippen LogP contribution < -0.4 is 15.4 Å². The monoisotopic (exact) mass is 484 g/mol. The molecule has 0 saturated carbocycles. The van der Waals surface area contributed by atoms with Crippen LogP contribution in [0.3, 0.4) is 0 Å². The molecule has 7 heteroatoms. The second-order valence-corrected chi connectivity index (χ2v) is 8.71. The second kappa shape index (κ2) is 9.68. The number of fused-ring (bicyclic) bond motifs is 1. The molecule has 6 nitrogen and oxygen atoms in total. The molecule has 0 fully saturated rings. The topological polar surface area (TPSA) is 68.2 Å². The zero-order valence-corrected chi connectivity index (χ0v) is 20.2. The zero-order chi connectivity index (χ0) is 24.4. The predicted molar refractivity (Wildman–Crippen MR) is 140 cm³/mol. The highest BCUT2D eigenvalue weighted by atomic mass is 35.5. The van der Waals surface area contributed by atoms with Crippen molar-refractivity contribution in [1.82, 2.24) is 9.78 Å². The lowest BCUT2D eigenvalue weighted by Crippen LogP contribution is -2.22. The molecule has 5 rings (SSSR count). The van der Waals surface area contributed by atoms with E-state index in [1.807, 2.05) is 55.5 Å². The highest BCUT2D eigenvalue weighted by Gasteiger charge is 2.28. The molecule has 0 bridgehead atoms. The van der Waals surface area contributed by atoms with E-state index in [0.717, 1.165) is 22.6 Å². The van der Waals surface area contributed by atoms with Gasteiger partial charge in [-0.2, -0.15) is 5.10 Å². The molecule has 4 aromatic rings. The smallest absolute Gasteiger partial charge is 0.261 e. The lowest BCUT2D eigenvalue weighted by Gasteiger charge is -2.27. The number of benzene rings is 3. The quantitative estimate of drug-likeness (QED) is 0.325. The van der Waals surface area contributed by atoms with E-state index in [1.54, 1.807) is 10.9 Å². The summed E-state index contributed by atoms with van der Waals surface area (Å²) in [6.07, 6.45) is 3.67. The summed E-state index contributed by atoms with van der Waals surface area (Å²) < 4.78 is 7.28. The summed E-state index contributed by atoms with van der Waals surface area (Å²) in [5, 5.41) is 11.6. The minimum atomic E-state index is -0.275. The summed E-state index contributed by atoms with van der Waals surface area (Å²) in [4.78, 5) is 13.3. The minimum Gasteiger partial charge on any atom is -0.494 e. The number of carbonyl (C=O) groups is 1. The van der Waals surface area contributed by atoms with Crippen molar-refractivity contribution in [3.63, 3.8) is 0 Å². The number of amides is 1. The van der Waals surface area contributed by atoms with E-state index in [9.17, 15) is 4.79 Å². The highest BCUT2D eigenvalue weighted by Crippen LogP contribution is 2.37. The molecule has 0 unspecified atom stereocenters. The first-order chi connectivity index (χ1) is 17.0. The minimum absolute atomic E-state index is 0.258. The van der Waals surface area contributed by atoms with E-state index >= 15 is 0 Å². The van der Waals surface area contributed by atoms with Crippen LogP contribution >= 0.6 is 11.6 Å². The molecule has 0 radical (unpaired) electrons. The summed E-state index contributed by atoms with van der Waals surface area (Å²) in [7, 11) is 0. The van der Waals surface area contributed by atoms with E-state index in [2.05, 4.69) is 53.0 Å². The molecule has 3 aromatic carbocycles. The summed E-state index contributed by atoms with van der Waals surface area (Å²) >= 11 is 6.57. The molecular weight excluding hydrogens is 460 g/mol. The summed E-state index contributed by atoms with van der Waals surface area (Å²) in [6.45, 7) is 4.57. The van der Waals surface area contributed by atoms with Crippen molar-refractivity contribution in [2.24, 2.45) is 0 Å². The van der Waals surface area contributed by atoms with Gasteiger partial charge < -0.3 is 15.4 Å². The van der Waals surface area contributed by atoms with Gasteiger partial charge >= 0.3 is 0 Å². The highest BCUT2D eigenvalue weighted by molar-refractivity contribution is 6.31. The molecule has 0 spiro atoms. The van der Waals surface area contributed by atoms with Gasteiger partial charge in [-0.25, -0.2) is 4.68 Å². The third-order valence-corrected chi connectivity index (χ3v) is 6.24. The van der Waals surface area contributed by atoms with Crippen LogP contribution in [0.25, 0.3) is 5.70 Å². The fourth-order valence-electron chi connectivity index (χ4n) is 4.10. The molecule has 1 aliphatic heterocycles. The van der Waals surface area contributed by atoms with Crippen LogP contribution in [0.4, 0.5) is 11.5 Å². The molecule has 1 atom stereocenters. The Labute approximate surface area is 209 Å². The number of aryl methyl sites for hydroxylation is 1. The number of carbonyl (C=O) groups excluding carboxylic acids is 1. The number of hydrogen-bond acceptors (Lipinski definition) is 4. The van der Waals surface area contributed by atoms with Crippen LogP contribution in [0.2, 0.25) is 5.02 Å². The van der Waals surface area contributed by atoms with Crippen molar-refractivity contribution in [1.29, 1.82) is 0 Å². The van der Waals surface area contributed by atoms with Crippen molar-refractivity contribution in [2.75, 3.05) is 17.2 Å². The van der Waals surface area contributed by atoms with Crippen LogP contribution in [0.1, 0.15) is 40.0 Å². The summed E-state index contributed by atoms with van der Waals surface area (Å²) in [5.41, 5.74) is 5.09. The maximum Gasteiger partial charge on any atom is 0.261 e. The number of nitrogens with zero attached hydrogens (tertiary/aromatic N) is 2. The zero-order valence-electron chi connectivity index (χ0n) is 19.5. The number of anilines is 2. The van der Waals surface area contributed by atoms with Gasteiger partial charge in [0.1, 0.15) is 23.2 Å². The van der Waals surface area contributed by atoms with Gasteiger partial charge in [-0.05, 0) is 61.4 Å². The predicted octanol–water partition coefficient (Wildman–Crippen LogP) is 6.55. The number of allylic oxidation sites excluding steroid dienone is 1. The van der Waals surface area contributed by atoms with Crippen molar-refractivity contribution in [2.45, 2.75) is 19.9 Å². The average molecular weight is 485 g/mol. The van der Waals surface area contributed by atoms with E-state index in [4.69, 9.17) is 16.3 Å². The number of halogens is 1. The molecule has 1 aromatic heterocycles. The van der Waals surface area contributed by atoms with Gasteiger partial charge in [0.05, 0.1) is 12.8 Å². The van der Waals surface area contributed by atoms with Crippen molar-refractivity contribution in [3.05, 3.63) is 112 Å². The SMILES string of the molecule is CCOc1ccc(NC(=O)c2cnn3c2NC(c2ccc(C)cc2)=C[C@H]3c2ccccc2Cl)cc1. The number of rotatable bonds is 6. The Morgan fingerprint density at radius 1 is 1.09 bits per heavy atom. The fourth-order valence-corrected chi connectivity index (χ4v) is 4.35. The second-order valence-electron chi connectivity index (χ2n) is 8.30. The Morgan fingerprint density at radius 3 is 2.54 bits per heavy atom. The normalized spacial score (nSPS) is 14.5. The van der Waals surface area contributed by atoms with Gasteiger partial charge in [0.15, 0.2) is 0 Å². The lowest BCUT2D eigenvalue weighted by atomic mass is 10.0. The third-order valence-electron chi connectivity index (χ3n) is 5.89. The maximum absolute atomic E-state index is 13.3. The van der Waals surface area contributed by atoms with Gasteiger partial charge in [0, 0.05) is 16.4 Å². The average Bonchev–Trinajstić information content (AvgIpc) is 3.30. The first-order valence-electron chi connectivity index (χ1n) is 11.5. The van der Waals surface area contributed by atoms with E-state index < -0.39 is 0 Å². The first-order valence-corrected chi connectivity index (χ1v) is 11.8. The lowest BCUT2D eigenvalue weighted by molar-refractivity contribution is 0.102. The molecule has 176 valence electrons. The molecule has 0 aliphatic carbocycles. The van der Waals surface area contributed by atoms with Crippen LogP contribution in [0, 0.1) is 6.92 Å². The molecule has 35 heavy (non-hydrogen) atoms. The number of nitrogens with one attached hydrogen (secondary N) is 2. The fraction of sp³-hybridized carbons (Fsp3) is 0.143. The molecule has 2 heterocycles. The van der Waals surface area contributed by atoms with E-state index in [-0.39, 0.29) is 11.9 Å². The van der Waals surface area contributed by atoms with Gasteiger partial charge in [-0.1, -0.05) is 59.6 Å². The Kier molecular flexibility index (Phi) is 6.29. The van der Waals surface area contributed by atoms with Crippen molar-refractivity contribution < 1.29 is 9.53 Å². The Bertz CT molecular complexity index is 1390. The van der Waals surface area contributed by atoms with Crippen molar-refractivity contribution >= 4 is 34.7 Å². The van der Waals surface area contributed by atoms with Gasteiger partial charge in [-0.15, -0.1) is 0 Å². The number of ether oxygens (including phenoxy) is 1. The Balaban J connectivity index is 1.51. The third kappa shape index (κ3) is 4.66. The molecule has 1 aliphatic rings. The summed E-state index contributed by atoms with van der Waals surface area (Å²) in [5.74, 6) is 1.10. The molecular formula is C28H25ClN4O2. The first kappa shape index (κ1) is 22.7. The Hall–Kier alpha value is -4.03. The number of hydrogen-bond donors (Lipinski definition) is 2. The van der Waals surface area contributed by atoms with E-state index in [1.165, 1.54) is 5.56 Å². The Morgan fingerprint density at radius 2 is 1.83 bits per heavy atom. The van der Waals surface area contributed by atoms with Crippen LogP contribution in [-0.4, -0.2) is 22.3 Å². The molecule has 1 amide bonds. The maximum atomic E-state index is 13.3.